The quantitative estimate of drug-likeness (QED) is 0.0847. The van der Waals surface area contributed by atoms with Gasteiger partial charge in [0.05, 0.1) is 39.6 Å². The Hall–Kier alpha value is -3.82. The van der Waals surface area contributed by atoms with E-state index in [0.29, 0.717) is 13.2 Å². The van der Waals surface area contributed by atoms with Crippen molar-refractivity contribution < 1.29 is 52.1 Å². The molecular weight excluding hydrogens is 728 g/mol. The average Bonchev–Trinajstić information content (AvgIpc) is 3.27. The molecule has 306 valence electrons. The molecule has 6 rings (SSSR count). The molecule has 4 aromatic rings. The Morgan fingerprint density at radius 1 is 0.509 bits per heavy atom. The summed E-state index contributed by atoms with van der Waals surface area (Å²) in [6.07, 6.45) is -4.46. The summed E-state index contributed by atoms with van der Waals surface area (Å²) in [4.78, 5) is 0. The summed E-state index contributed by atoms with van der Waals surface area (Å²) in [6.45, 7) is 5.56. The highest BCUT2D eigenvalue weighted by molar-refractivity contribution is 5.18. The SMILES string of the molecule is C=C[C@]1(OC[C@H]2O[C@H](OC)[C@H](OC)[C@@H](OC)[C@@H]2OC)O[C@H](COCc2ccccc2)[C@H](OCc2ccccc2)[C@H](OCc2ccccc2)[C@H]1OCc1ccccc1. The van der Waals surface area contributed by atoms with Gasteiger partial charge in [-0.3, -0.25) is 0 Å². The number of rotatable bonds is 21. The zero-order chi connectivity index (χ0) is 39.9. The molecule has 0 unspecified atom stereocenters. The summed E-state index contributed by atoms with van der Waals surface area (Å²) in [6, 6.07) is 39.9. The Kier molecular flexibility index (Phi) is 16.4. The van der Waals surface area contributed by atoms with Crippen LogP contribution in [-0.4, -0.2) is 103 Å². The standard InChI is InChI=1S/C46H56O11/c1-6-46(55-32-37-39(47-2)41(48-3)43(49-4)45(50-5)56-37)44(54-30-36-25-17-10-18-26-36)42(53-29-35-23-15-9-16-24-35)40(52-28-34-21-13-8-14-22-34)38(57-46)31-51-27-33-19-11-7-12-20-33/h6-26,37-45H,1,27-32H2,2-5H3/t37-,38-,39-,40+,41+,42+,43-,44-,45+,46+/m1/s1. The highest BCUT2D eigenvalue weighted by Gasteiger charge is 2.58. The monoisotopic (exact) mass is 784 g/mol. The van der Waals surface area contributed by atoms with Crippen molar-refractivity contribution in [3.05, 3.63) is 156 Å². The summed E-state index contributed by atoms with van der Waals surface area (Å²) >= 11 is 0. The lowest BCUT2D eigenvalue weighted by Crippen LogP contribution is -2.68. The molecule has 0 amide bonds. The lowest BCUT2D eigenvalue weighted by molar-refractivity contribution is -0.375. The van der Waals surface area contributed by atoms with Gasteiger partial charge in [0.15, 0.2) is 6.29 Å². The number of hydrogen-bond acceptors (Lipinski definition) is 11. The molecule has 0 radical (unpaired) electrons. The Bertz CT molecular complexity index is 1720. The summed E-state index contributed by atoms with van der Waals surface area (Å²) in [5.74, 6) is -1.59. The third-order valence-corrected chi connectivity index (χ3v) is 10.4. The van der Waals surface area contributed by atoms with Crippen LogP contribution in [0.2, 0.25) is 0 Å². The molecule has 10 atom stereocenters. The van der Waals surface area contributed by atoms with Gasteiger partial charge in [-0.25, -0.2) is 0 Å². The van der Waals surface area contributed by atoms with Crippen molar-refractivity contribution in [3.8, 4) is 0 Å². The Morgan fingerprint density at radius 3 is 1.46 bits per heavy atom. The van der Waals surface area contributed by atoms with Crippen LogP contribution in [0.15, 0.2) is 134 Å². The minimum absolute atomic E-state index is 0.0234. The minimum Gasteiger partial charge on any atom is -0.376 e. The first-order chi connectivity index (χ1) is 28.0. The van der Waals surface area contributed by atoms with Crippen LogP contribution in [0.4, 0.5) is 0 Å². The molecule has 0 aromatic heterocycles. The van der Waals surface area contributed by atoms with Gasteiger partial charge in [-0.1, -0.05) is 128 Å². The van der Waals surface area contributed by atoms with Crippen LogP contribution in [0.25, 0.3) is 0 Å². The molecule has 2 aliphatic rings. The lowest BCUT2D eigenvalue weighted by atomic mass is 9.91. The highest BCUT2D eigenvalue weighted by atomic mass is 16.8. The van der Waals surface area contributed by atoms with Gasteiger partial charge in [-0.15, -0.1) is 0 Å². The van der Waals surface area contributed by atoms with Crippen LogP contribution < -0.4 is 0 Å². The van der Waals surface area contributed by atoms with Gasteiger partial charge in [0.25, 0.3) is 0 Å². The summed E-state index contributed by atoms with van der Waals surface area (Å²) in [5, 5.41) is 0. The fourth-order valence-electron chi connectivity index (χ4n) is 7.42. The Labute approximate surface area is 336 Å². The minimum atomic E-state index is -1.59. The molecule has 2 saturated heterocycles. The van der Waals surface area contributed by atoms with E-state index in [1.54, 1.807) is 34.5 Å². The van der Waals surface area contributed by atoms with Crippen molar-refractivity contribution in [2.24, 2.45) is 0 Å². The van der Waals surface area contributed by atoms with Gasteiger partial charge in [0, 0.05) is 28.4 Å². The molecule has 0 bridgehead atoms. The van der Waals surface area contributed by atoms with Gasteiger partial charge in [-0.05, 0) is 28.3 Å². The molecule has 2 aliphatic heterocycles. The van der Waals surface area contributed by atoms with E-state index >= 15 is 0 Å². The van der Waals surface area contributed by atoms with Crippen molar-refractivity contribution in [2.75, 3.05) is 41.7 Å². The number of methoxy groups -OCH3 is 4. The van der Waals surface area contributed by atoms with E-state index in [2.05, 4.69) is 6.58 Å². The van der Waals surface area contributed by atoms with Crippen molar-refractivity contribution >= 4 is 0 Å². The fraction of sp³-hybridized carbons (Fsp3) is 0.435. The Balaban J connectivity index is 1.37. The lowest BCUT2D eigenvalue weighted by Gasteiger charge is -2.52. The predicted octanol–water partition coefficient (Wildman–Crippen LogP) is 6.67. The second kappa shape index (κ2) is 21.8. The van der Waals surface area contributed by atoms with Crippen LogP contribution >= 0.6 is 0 Å². The normalized spacial score (nSPS) is 28.9. The molecule has 0 saturated carbocycles. The molecule has 4 aromatic carbocycles. The molecule has 11 nitrogen and oxygen atoms in total. The number of ether oxygens (including phenoxy) is 11. The molecule has 11 heteroatoms. The average molecular weight is 785 g/mol. The first-order valence-electron chi connectivity index (χ1n) is 19.3. The van der Waals surface area contributed by atoms with Gasteiger partial charge < -0.3 is 52.1 Å². The molecular formula is C46H56O11. The topological polar surface area (TPSA) is 102 Å². The molecule has 57 heavy (non-hydrogen) atoms. The van der Waals surface area contributed by atoms with Crippen LogP contribution in [0.5, 0.6) is 0 Å². The second-order valence-electron chi connectivity index (χ2n) is 14.0. The van der Waals surface area contributed by atoms with Crippen LogP contribution in [0.3, 0.4) is 0 Å². The van der Waals surface area contributed by atoms with Gasteiger partial charge in [0.2, 0.25) is 5.79 Å². The number of benzene rings is 4. The van der Waals surface area contributed by atoms with E-state index in [1.807, 2.05) is 121 Å². The van der Waals surface area contributed by atoms with Crippen molar-refractivity contribution in [1.82, 2.24) is 0 Å². The highest BCUT2D eigenvalue weighted by Crippen LogP contribution is 2.40. The summed E-state index contributed by atoms with van der Waals surface area (Å²) in [5.41, 5.74) is 3.96. The van der Waals surface area contributed by atoms with Crippen LogP contribution in [0.1, 0.15) is 22.3 Å². The first-order valence-corrected chi connectivity index (χ1v) is 19.3. The maximum Gasteiger partial charge on any atom is 0.217 e. The third kappa shape index (κ3) is 11.0. The van der Waals surface area contributed by atoms with E-state index in [0.717, 1.165) is 22.3 Å². The molecule has 0 N–H and O–H groups in total. The maximum absolute atomic E-state index is 7.08. The largest absolute Gasteiger partial charge is 0.376 e. The van der Waals surface area contributed by atoms with Gasteiger partial charge in [-0.2, -0.15) is 0 Å². The summed E-state index contributed by atoms with van der Waals surface area (Å²) in [7, 11) is 6.34. The maximum atomic E-state index is 7.08. The van der Waals surface area contributed by atoms with E-state index in [9.17, 15) is 0 Å². The van der Waals surface area contributed by atoms with Crippen molar-refractivity contribution in [3.63, 3.8) is 0 Å². The second-order valence-corrected chi connectivity index (χ2v) is 14.0. The van der Waals surface area contributed by atoms with E-state index in [4.69, 9.17) is 52.1 Å². The predicted molar refractivity (Wildman–Crippen MR) is 213 cm³/mol. The van der Waals surface area contributed by atoms with Gasteiger partial charge in [0.1, 0.15) is 48.8 Å². The first kappa shape index (κ1) is 42.8. The fourth-order valence-corrected chi connectivity index (χ4v) is 7.42. The Morgan fingerprint density at radius 2 is 0.982 bits per heavy atom. The van der Waals surface area contributed by atoms with Crippen molar-refractivity contribution in [2.45, 2.75) is 87.3 Å². The summed E-state index contributed by atoms with van der Waals surface area (Å²) < 4.78 is 70.7. The number of hydrogen-bond donors (Lipinski definition) is 0. The third-order valence-electron chi connectivity index (χ3n) is 10.4. The molecule has 0 spiro atoms. The van der Waals surface area contributed by atoms with Crippen molar-refractivity contribution in [1.29, 1.82) is 0 Å². The van der Waals surface area contributed by atoms with E-state index in [-0.39, 0.29) is 26.4 Å². The molecule has 2 heterocycles. The van der Waals surface area contributed by atoms with E-state index < -0.39 is 60.9 Å². The van der Waals surface area contributed by atoms with Crippen LogP contribution in [0, 0.1) is 0 Å². The molecule has 0 aliphatic carbocycles. The zero-order valence-corrected chi connectivity index (χ0v) is 33.3. The van der Waals surface area contributed by atoms with Gasteiger partial charge >= 0.3 is 0 Å². The van der Waals surface area contributed by atoms with Crippen LogP contribution in [-0.2, 0) is 78.5 Å². The van der Waals surface area contributed by atoms with E-state index in [1.165, 1.54) is 0 Å². The smallest absolute Gasteiger partial charge is 0.217 e. The molecule has 2 fully saturated rings. The zero-order valence-electron chi connectivity index (χ0n) is 33.3.